The van der Waals surface area contributed by atoms with Gasteiger partial charge in [0.05, 0.1) is 30.5 Å². The van der Waals surface area contributed by atoms with Gasteiger partial charge in [-0.1, -0.05) is 42.5 Å². The van der Waals surface area contributed by atoms with E-state index in [1.807, 2.05) is 30.3 Å². The molecule has 5 rings (SSSR count). The summed E-state index contributed by atoms with van der Waals surface area (Å²) in [4.78, 5) is 44.5. The van der Waals surface area contributed by atoms with Gasteiger partial charge in [0.1, 0.15) is 25.1 Å². The number of nitrogen functional groups attached to an aromatic ring is 1. The predicted octanol–water partition coefficient (Wildman–Crippen LogP) is 4.48. The highest BCUT2D eigenvalue weighted by molar-refractivity contribution is 6.13. The third-order valence-electron chi connectivity index (χ3n) is 7.59. The average Bonchev–Trinajstić information content (AvgIpc) is 3.14. The molecule has 9 nitrogen and oxygen atoms in total. The molecule has 2 atom stereocenters. The fraction of sp³-hybridized carbons (Fsp3) is 0.242. The van der Waals surface area contributed by atoms with E-state index < -0.39 is 24.7 Å². The summed E-state index contributed by atoms with van der Waals surface area (Å²) in [6, 6.07) is 23.3. The summed E-state index contributed by atoms with van der Waals surface area (Å²) in [5.74, 6) is -0.685. The van der Waals surface area contributed by atoms with Crippen LogP contribution in [0.25, 0.3) is 10.8 Å². The monoisotopic (exact) mass is 619 g/mol. The molecule has 0 aliphatic carbocycles. The molecule has 230 valence electrons. The number of fused-ring (bicyclic) bond motifs is 2. The van der Waals surface area contributed by atoms with Crippen LogP contribution in [0.2, 0.25) is 0 Å². The second kappa shape index (κ2) is 14.2. The van der Waals surface area contributed by atoms with Crippen LogP contribution in [0.1, 0.15) is 22.8 Å². The molecule has 1 heterocycles. The van der Waals surface area contributed by atoms with E-state index in [1.54, 1.807) is 73.5 Å². The molecule has 1 aliphatic heterocycles. The lowest BCUT2D eigenvalue weighted by molar-refractivity contribution is -0.128. The number of likely N-dealkylation sites (N-methyl/N-ethyl adjacent to an activating group) is 1. The van der Waals surface area contributed by atoms with Gasteiger partial charge in [-0.15, -0.1) is 12.4 Å². The van der Waals surface area contributed by atoms with E-state index in [-0.39, 0.29) is 43.9 Å². The number of carbonyl (C=O) groups excluding carboxylic acids is 3. The number of alkyl halides is 1. The highest BCUT2D eigenvalue weighted by Gasteiger charge is 2.38. The third-order valence-corrected chi connectivity index (χ3v) is 7.59. The molecule has 0 aromatic heterocycles. The van der Waals surface area contributed by atoms with Gasteiger partial charge in [0.2, 0.25) is 5.91 Å². The molecular formula is C33H35ClFN5O4. The molecule has 11 heteroatoms. The Bertz CT molecular complexity index is 1650. The number of hydrogen-bond donors (Lipinski definition) is 3. The van der Waals surface area contributed by atoms with E-state index in [2.05, 4.69) is 10.6 Å². The first kappa shape index (κ1) is 32.2. The second-order valence-electron chi connectivity index (χ2n) is 10.3. The van der Waals surface area contributed by atoms with Gasteiger partial charge in [0.15, 0.2) is 0 Å². The molecule has 4 aromatic rings. The summed E-state index contributed by atoms with van der Waals surface area (Å²) in [5.41, 5.74) is 8.42. The second-order valence-corrected chi connectivity index (χ2v) is 10.3. The Morgan fingerprint density at radius 2 is 1.68 bits per heavy atom. The molecule has 4 aromatic carbocycles. The van der Waals surface area contributed by atoms with Gasteiger partial charge < -0.3 is 30.9 Å². The van der Waals surface area contributed by atoms with Crippen molar-refractivity contribution in [2.45, 2.75) is 25.6 Å². The van der Waals surface area contributed by atoms with Crippen LogP contribution >= 0.6 is 12.4 Å². The summed E-state index contributed by atoms with van der Waals surface area (Å²) in [5, 5.41) is 7.51. The number of carbonyl (C=O) groups is 3. The summed E-state index contributed by atoms with van der Waals surface area (Å²) in [6.07, 6.45) is 0. The molecule has 0 unspecified atom stereocenters. The van der Waals surface area contributed by atoms with Crippen LogP contribution in [-0.2, 0) is 16.1 Å². The number of halogens is 2. The quantitative estimate of drug-likeness (QED) is 0.238. The van der Waals surface area contributed by atoms with Crippen LogP contribution in [0.5, 0.6) is 5.75 Å². The normalized spacial score (nSPS) is 15.2. The fourth-order valence-corrected chi connectivity index (χ4v) is 5.18. The van der Waals surface area contributed by atoms with Crippen LogP contribution in [0, 0.1) is 0 Å². The lowest BCUT2D eigenvalue weighted by Gasteiger charge is -2.27. The van der Waals surface area contributed by atoms with Gasteiger partial charge >= 0.3 is 0 Å². The van der Waals surface area contributed by atoms with E-state index in [4.69, 9.17) is 10.5 Å². The summed E-state index contributed by atoms with van der Waals surface area (Å²) in [7, 11) is 1.65. The smallest absolute Gasteiger partial charge is 0.258 e. The van der Waals surface area contributed by atoms with Crippen molar-refractivity contribution in [3.05, 3.63) is 96.1 Å². The van der Waals surface area contributed by atoms with E-state index in [9.17, 15) is 18.8 Å². The molecule has 1 aliphatic rings. The average molecular weight is 620 g/mol. The first-order valence-corrected chi connectivity index (χ1v) is 14.1. The minimum Gasteiger partial charge on any atom is -0.490 e. The van der Waals surface area contributed by atoms with Crippen molar-refractivity contribution >= 4 is 58.0 Å². The molecule has 0 bridgehead atoms. The molecule has 0 saturated carbocycles. The molecular weight excluding hydrogens is 585 g/mol. The maximum absolute atomic E-state index is 14.4. The molecule has 44 heavy (non-hydrogen) atoms. The number of anilines is 3. The Balaban J connectivity index is 0.00000442. The molecule has 3 amide bonds. The number of benzene rings is 4. The maximum atomic E-state index is 14.4. The van der Waals surface area contributed by atoms with Crippen LogP contribution < -0.4 is 30.9 Å². The minimum atomic E-state index is -1.07. The number of amides is 3. The van der Waals surface area contributed by atoms with Crippen LogP contribution in [0.4, 0.5) is 21.5 Å². The van der Waals surface area contributed by atoms with E-state index in [0.29, 0.717) is 33.9 Å². The van der Waals surface area contributed by atoms with E-state index in [1.165, 1.54) is 4.90 Å². The van der Waals surface area contributed by atoms with Crippen molar-refractivity contribution in [2.75, 3.05) is 42.4 Å². The lowest BCUT2D eigenvalue weighted by atomic mass is 10.0. The van der Waals surface area contributed by atoms with Crippen molar-refractivity contribution in [2.24, 2.45) is 0 Å². The maximum Gasteiger partial charge on any atom is 0.258 e. The zero-order chi connectivity index (χ0) is 30.5. The Morgan fingerprint density at radius 1 is 1.00 bits per heavy atom. The van der Waals surface area contributed by atoms with Crippen LogP contribution in [-0.4, -0.2) is 56.7 Å². The van der Waals surface area contributed by atoms with Gasteiger partial charge in [-0.05, 0) is 67.2 Å². The fourth-order valence-electron chi connectivity index (χ4n) is 5.18. The predicted molar refractivity (Wildman–Crippen MR) is 173 cm³/mol. The number of ether oxygens (including phenoxy) is 1. The van der Waals surface area contributed by atoms with Gasteiger partial charge in [-0.3, -0.25) is 14.4 Å². The SMILES string of the molecule is CN[C@@H](C)C(=O)N[C@H]1CN(C(=O)c2ccc(N)cc2)c2ccccc2N(Cc2c(OCCF)ccc3ccccc23)C1=O.Cl. The Labute approximate surface area is 261 Å². The number of para-hydroxylation sites is 2. The highest BCUT2D eigenvalue weighted by atomic mass is 35.5. The largest absolute Gasteiger partial charge is 0.490 e. The van der Waals surface area contributed by atoms with Crippen molar-refractivity contribution < 1.29 is 23.5 Å². The Morgan fingerprint density at radius 3 is 2.39 bits per heavy atom. The minimum absolute atomic E-state index is 0. The van der Waals surface area contributed by atoms with Crippen molar-refractivity contribution in [1.82, 2.24) is 10.6 Å². The molecule has 0 spiro atoms. The summed E-state index contributed by atoms with van der Waals surface area (Å²) >= 11 is 0. The lowest BCUT2D eigenvalue weighted by Crippen LogP contribution is -2.55. The number of hydrogen-bond acceptors (Lipinski definition) is 6. The first-order valence-electron chi connectivity index (χ1n) is 14.1. The third kappa shape index (κ3) is 6.61. The van der Waals surface area contributed by atoms with Gasteiger partial charge in [0.25, 0.3) is 11.8 Å². The van der Waals surface area contributed by atoms with Gasteiger partial charge in [-0.25, -0.2) is 4.39 Å². The zero-order valence-corrected chi connectivity index (χ0v) is 25.3. The molecule has 0 saturated heterocycles. The molecule has 0 radical (unpaired) electrons. The van der Waals surface area contributed by atoms with E-state index in [0.717, 1.165) is 10.8 Å². The van der Waals surface area contributed by atoms with Crippen LogP contribution in [0.15, 0.2) is 84.9 Å². The van der Waals surface area contributed by atoms with Crippen LogP contribution in [0.3, 0.4) is 0 Å². The van der Waals surface area contributed by atoms with Crippen molar-refractivity contribution in [3.63, 3.8) is 0 Å². The van der Waals surface area contributed by atoms with E-state index >= 15 is 0 Å². The molecule has 0 fully saturated rings. The summed E-state index contributed by atoms with van der Waals surface area (Å²) in [6.45, 7) is 0.831. The van der Waals surface area contributed by atoms with Crippen molar-refractivity contribution in [3.8, 4) is 5.75 Å². The number of nitrogens with one attached hydrogen (secondary N) is 2. The number of nitrogens with two attached hydrogens (primary N) is 1. The Hall–Kier alpha value is -4.67. The summed E-state index contributed by atoms with van der Waals surface area (Å²) < 4.78 is 19.0. The number of rotatable bonds is 9. The number of nitrogens with zero attached hydrogens (tertiary/aromatic N) is 2. The van der Waals surface area contributed by atoms with Gasteiger partial charge in [-0.2, -0.15) is 0 Å². The standard InChI is InChI=1S/C33H34FN5O4.ClH/c1-21(36-2)31(40)37-27-20-39(32(41)23-11-14-24(35)15-12-23)29-10-6-5-9-28(29)38(33(27)42)19-26-25-8-4-3-7-22(25)13-16-30(26)43-18-17-34;/h3-16,21,27,36H,17-20,35H2,1-2H3,(H,37,40);1H/t21-,27-;/m0./s1. The topological polar surface area (TPSA) is 117 Å². The first-order chi connectivity index (χ1) is 20.8. The van der Waals surface area contributed by atoms with Gasteiger partial charge in [0, 0.05) is 16.8 Å². The zero-order valence-electron chi connectivity index (χ0n) is 24.5. The Kier molecular flexibility index (Phi) is 10.4. The molecule has 4 N–H and O–H groups in total. The highest BCUT2D eigenvalue weighted by Crippen LogP contribution is 2.37. The van der Waals surface area contributed by atoms with Crippen molar-refractivity contribution in [1.29, 1.82) is 0 Å².